The SMILES string of the molecule is COCCOc1cc2ncnc(N3CCN(Cc4cccc(Cl)c4)CC3)c2cc1OCCOC. The second-order valence-electron chi connectivity index (χ2n) is 8.09. The van der Waals surface area contributed by atoms with Gasteiger partial charge in [0, 0.05) is 63.4 Å². The molecule has 0 radical (unpaired) electrons. The lowest BCUT2D eigenvalue weighted by Gasteiger charge is -2.35. The van der Waals surface area contributed by atoms with Crippen molar-refractivity contribution in [2.45, 2.75) is 6.54 Å². The van der Waals surface area contributed by atoms with Crippen molar-refractivity contribution in [3.8, 4) is 11.5 Å². The van der Waals surface area contributed by atoms with E-state index in [0.717, 1.165) is 54.5 Å². The van der Waals surface area contributed by atoms with Crippen LogP contribution in [0, 0.1) is 0 Å². The van der Waals surface area contributed by atoms with E-state index in [-0.39, 0.29) is 0 Å². The first-order valence-corrected chi connectivity index (χ1v) is 11.8. The van der Waals surface area contributed by atoms with Crippen LogP contribution in [0.25, 0.3) is 10.9 Å². The van der Waals surface area contributed by atoms with Gasteiger partial charge in [0.1, 0.15) is 25.4 Å². The van der Waals surface area contributed by atoms with Gasteiger partial charge < -0.3 is 23.8 Å². The normalized spacial score (nSPS) is 14.5. The van der Waals surface area contributed by atoms with Crippen LogP contribution >= 0.6 is 11.6 Å². The van der Waals surface area contributed by atoms with Gasteiger partial charge in [-0.2, -0.15) is 0 Å². The number of fused-ring (bicyclic) bond motifs is 1. The topological polar surface area (TPSA) is 69.2 Å². The van der Waals surface area contributed by atoms with Crippen molar-refractivity contribution in [2.75, 3.05) is 71.7 Å². The summed E-state index contributed by atoms with van der Waals surface area (Å²) in [5.41, 5.74) is 2.05. The molecule has 0 amide bonds. The predicted octanol–water partition coefficient (Wildman–Crippen LogP) is 3.66. The van der Waals surface area contributed by atoms with Crippen molar-refractivity contribution in [1.29, 1.82) is 0 Å². The highest BCUT2D eigenvalue weighted by Crippen LogP contribution is 2.35. The van der Waals surface area contributed by atoms with E-state index in [1.54, 1.807) is 20.5 Å². The number of ether oxygens (including phenoxy) is 4. The summed E-state index contributed by atoms with van der Waals surface area (Å²) < 4.78 is 22.1. The number of benzene rings is 2. The standard InChI is InChI=1S/C25H31ClN4O4/c1-31-10-12-33-23-15-21-22(16-24(23)34-13-11-32-2)27-18-28-25(21)30-8-6-29(7-9-30)17-19-4-3-5-20(26)14-19/h3-5,14-16,18H,6-13,17H2,1-2H3. The van der Waals surface area contributed by atoms with E-state index in [1.807, 2.05) is 30.3 Å². The van der Waals surface area contributed by atoms with E-state index >= 15 is 0 Å². The molecule has 0 N–H and O–H groups in total. The molecule has 9 heteroatoms. The van der Waals surface area contributed by atoms with E-state index in [0.29, 0.717) is 37.9 Å². The number of piperazine rings is 1. The van der Waals surface area contributed by atoms with Gasteiger partial charge in [0.25, 0.3) is 0 Å². The minimum absolute atomic E-state index is 0.424. The number of rotatable bonds is 11. The number of halogens is 1. The van der Waals surface area contributed by atoms with Crippen LogP contribution in [0.15, 0.2) is 42.7 Å². The Morgan fingerprint density at radius 2 is 1.56 bits per heavy atom. The van der Waals surface area contributed by atoms with Gasteiger partial charge >= 0.3 is 0 Å². The molecule has 0 unspecified atom stereocenters. The maximum Gasteiger partial charge on any atom is 0.163 e. The first-order chi connectivity index (χ1) is 16.7. The molecule has 34 heavy (non-hydrogen) atoms. The van der Waals surface area contributed by atoms with Crippen molar-refractivity contribution < 1.29 is 18.9 Å². The van der Waals surface area contributed by atoms with Gasteiger partial charge in [-0.1, -0.05) is 23.7 Å². The lowest BCUT2D eigenvalue weighted by atomic mass is 10.1. The molecular formula is C25H31ClN4O4. The monoisotopic (exact) mass is 486 g/mol. The summed E-state index contributed by atoms with van der Waals surface area (Å²) in [7, 11) is 3.30. The van der Waals surface area contributed by atoms with Crippen molar-refractivity contribution in [3.63, 3.8) is 0 Å². The van der Waals surface area contributed by atoms with Gasteiger partial charge in [0.15, 0.2) is 11.5 Å². The van der Waals surface area contributed by atoms with Crippen LogP contribution in [0.5, 0.6) is 11.5 Å². The molecule has 4 rings (SSSR count). The zero-order valence-electron chi connectivity index (χ0n) is 19.7. The Labute approximate surface area is 205 Å². The van der Waals surface area contributed by atoms with Gasteiger partial charge in [0.05, 0.1) is 18.7 Å². The van der Waals surface area contributed by atoms with Crippen LogP contribution in [-0.2, 0) is 16.0 Å². The molecule has 0 atom stereocenters. The summed E-state index contributed by atoms with van der Waals surface area (Å²) in [5.74, 6) is 2.19. The minimum atomic E-state index is 0.424. The summed E-state index contributed by atoms with van der Waals surface area (Å²) >= 11 is 6.15. The maximum absolute atomic E-state index is 6.15. The number of hydrogen-bond donors (Lipinski definition) is 0. The lowest BCUT2D eigenvalue weighted by Crippen LogP contribution is -2.46. The molecule has 1 aliphatic heterocycles. The van der Waals surface area contributed by atoms with Crippen molar-refractivity contribution in [3.05, 3.63) is 53.3 Å². The molecule has 0 bridgehead atoms. The van der Waals surface area contributed by atoms with E-state index in [4.69, 9.17) is 30.5 Å². The zero-order valence-corrected chi connectivity index (χ0v) is 20.5. The largest absolute Gasteiger partial charge is 0.487 e. The number of methoxy groups -OCH3 is 2. The molecule has 1 aliphatic rings. The van der Waals surface area contributed by atoms with Crippen molar-refractivity contribution >= 4 is 28.3 Å². The molecular weight excluding hydrogens is 456 g/mol. The van der Waals surface area contributed by atoms with E-state index in [2.05, 4.69) is 25.8 Å². The molecule has 0 aliphatic carbocycles. The van der Waals surface area contributed by atoms with E-state index < -0.39 is 0 Å². The average Bonchev–Trinajstić information content (AvgIpc) is 2.85. The van der Waals surface area contributed by atoms with Gasteiger partial charge in [-0.05, 0) is 23.8 Å². The van der Waals surface area contributed by atoms with Crippen LogP contribution < -0.4 is 14.4 Å². The van der Waals surface area contributed by atoms with Crippen molar-refractivity contribution in [1.82, 2.24) is 14.9 Å². The maximum atomic E-state index is 6.15. The summed E-state index contributed by atoms with van der Waals surface area (Å²) in [5, 5.41) is 1.72. The Hall–Kier alpha value is -2.65. The van der Waals surface area contributed by atoms with Crippen LogP contribution in [0.2, 0.25) is 5.02 Å². The van der Waals surface area contributed by atoms with Crippen molar-refractivity contribution in [2.24, 2.45) is 0 Å². The minimum Gasteiger partial charge on any atom is -0.487 e. The number of anilines is 1. The smallest absolute Gasteiger partial charge is 0.163 e. The average molecular weight is 487 g/mol. The third-order valence-corrected chi connectivity index (χ3v) is 5.97. The van der Waals surface area contributed by atoms with Gasteiger partial charge in [0.2, 0.25) is 0 Å². The van der Waals surface area contributed by atoms with Crippen LogP contribution in [0.3, 0.4) is 0 Å². The third kappa shape index (κ3) is 6.27. The summed E-state index contributed by atoms with van der Waals surface area (Å²) in [6, 6.07) is 11.9. The Morgan fingerprint density at radius 1 is 0.853 bits per heavy atom. The second kappa shape index (κ2) is 12.2. The molecule has 2 aromatic carbocycles. The number of nitrogens with zero attached hydrogens (tertiary/aromatic N) is 4. The Bertz CT molecular complexity index is 1080. The van der Waals surface area contributed by atoms with Gasteiger partial charge in [-0.3, -0.25) is 4.90 Å². The highest BCUT2D eigenvalue weighted by atomic mass is 35.5. The second-order valence-corrected chi connectivity index (χ2v) is 8.53. The molecule has 1 fully saturated rings. The quantitative estimate of drug-likeness (QED) is 0.380. The van der Waals surface area contributed by atoms with Gasteiger partial charge in [-0.15, -0.1) is 0 Å². The van der Waals surface area contributed by atoms with E-state index in [1.165, 1.54) is 5.56 Å². The van der Waals surface area contributed by atoms with E-state index in [9.17, 15) is 0 Å². The molecule has 3 aromatic rings. The highest BCUT2D eigenvalue weighted by Gasteiger charge is 2.21. The predicted molar refractivity (Wildman–Crippen MR) is 133 cm³/mol. The molecule has 182 valence electrons. The number of aromatic nitrogens is 2. The summed E-state index contributed by atoms with van der Waals surface area (Å²) in [6.07, 6.45) is 1.61. The zero-order chi connectivity index (χ0) is 23.8. The lowest BCUT2D eigenvalue weighted by molar-refractivity contribution is 0.132. The molecule has 2 heterocycles. The molecule has 8 nitrogen and oxygen atoms in total. The number of hydrogen-bond acceptors (Lipinski definition) is 8. The fourth-order valence-corrected chi connectivity index (χ4v) is 4.22. The Balaban J connectivity index is 1.51. The molecule has 0 spiro atoms. The molecule has 1 aromatic heterocycles. The Morgan fingerprint density at radius 3 is 2.24 bits per heavy atom. The van der Waals surface area contributed by atoms with Crippen LogP contribution in [0.1, 0.15) is 5.56 Å². The third-order valence-electron chi connectivity index (χ3n) is 5.74. The molecule has 0 saturated carbocycles. The molecule has 1 saturated heterocycles. The summed E-state index contributed by atoms with van der Waals surface area (Å²) in [6.45, 7) is 6.34. The van der Waals surface area contributed by atoms with Crippen LogP contribution in [-0.4, -0.2) is 81.7 Å². The highest BCUT2D eigenvalue weighted by molar-refractivity contribution is 6.30. The fourth-order valence-electron chi connectivity index (χ4n) is 4.01. The first kappa shape index (κ1) is 24.5. The first-order valence-electron chi connectivity index (χ1n) is 11.4. The van der Waals surface area contributed by atoms with Gasteiger partial charge in [-0.25, -0.2) is 9.97 Å². The summed E-state index contributed by atoms with van der Waals surface area (Å²) in [4.78, 5) is 13.9. The van der Waals surface area contributed by atoms with Crippen LogP contribution in [0.4, 0.5) is 5.82 Å². The fraction of sp³-hybridized carbons (Fsp3) is 0.440. The Kier molecular flexibility index (Phi) is 8.76.